The largest absolute Gasteiger partial charge is 0.349 e. The molecule has 0 aliphatic carbocycles. The van der Waals surface area contributed by atoms with Crippen LogP contribution in [0.2, 0.25) is 0 Å². The first-order valence-corrected chi connectivity index (χ1v) is 9.94. The fourth-order valence-electron chi connectivity index (χ4n) is 3.95. The predicted molar refractivity (Wildman–Crippen MR) is 114 cm³/mol. The summed E-state index contributed by atoms with van der Waals surface area (Å²) in [6.07, 6.45) is 1.78. The molecule has 0 saturated heterocycles. The molecule has 29 heavy (non-hydrogen) atoms. The van der Waals surface area contributed by atoms with Crippen LogP contribution in [0, 0.1) is 12.8 Å². The number of nitrogens with zero attached hydrogens (tertiary/aromatic N) is 3. The van der Waals surface area contributed by atoms with Crippen molar-refractivity contribution in [3.8, 4) is 11.5 Å². The van der Waals surface area contributed by atoms with Gasteiger partial charge in [0.1, 0.15) is 0 Å². The van der Waals surface area contributed by atoms with Gasteiger partial charge in [-0.1, -0.05) is 44.2 Å². The summed E-state index contributed by atoms with van der Waals surface area (Å²) in [5.41, 5.74) is 4.32. The van der Waals surface area contributed by atoms with Crippen LogP contribution in [0.5, 0.6) is 0 Å². The molecule has 0 radical (unpaired) electrons. The lowest BCUT2D eigenvalue weighted by atomic mass is 10.00. The Bertz CT molecular complexity index is 1260. The Hall–Kier alpha value is -3.28. The van der Waals surface area contributed by atoms with Crippen LogP contribution in [-0.4, -0.2) is 19.5 Å². The number of fused-ring (bicyclic) bond motifs is 2. The highest BCUT2D eigenvalue weighted by Crippen LogP contribution is 2.26. The highest BCUT2D eigenvalue weighted by molar-refractivity contribution is 5.81. The molecule has 0 spiro atoms. The fourth-order valence-corrected chi connectivity index (χ4v) is 3.95. The highest BCUT2D eigenvalue weighted by Gasteiger charge is 2.20. The summed E-state index contributed by atoms with van der Waals surface area (Å²) in [6, 6.07) is 14.4. The standard InChI is InChI=1S/C23H24N4O2/c1-4-17-12-18-19(11-15(17)3)27(13-14(2)10-16-8-6-5-7-9-16)21-20(24-18)22(28)26-23(29)25-21/h5-9,11-12,14H,4,10,13H2,1-3H3,(H,26,28,29). The number of aryl methyl sites for hydroxylation is 2. The minimum Gasteiger partial charge on any atom is -0.322 e. The van der Waals surface area contributed by atoms with Crippen LogP contribution >= 0.6 is 0 Å². The SMILES string of the molecule is CCc1cc2nc3c(=O)[nH]c(=O)nc-3n(CC(C)Cc3ccccc3)c2cc1C. The molecular formula is C23H24N4O2. The fraction of sp³-hybridized carbons (Fsp3) is 0.304. The Morgan fingerprint density at radius 3 is 2.59 bits per heavy atom. The first-order chi connectivity index (χ1) is 14.0. The Kier molecular flexibility index (Phi) is 5.01. The average molecular weight is 388 g/mol. The van der Waals surface area contributed by atoms with Crippen molar-refractivity contribution in [1.29, 1.82) is 0 Å². The van der Waals surface area contributed by atoms with E-state index in [4.69, 9.17) is 0 Å². The first kappa shape index (κ1) is 19.1. The van der Waals surface area contributed by atoms with Gasteiger partial charge in [0.2, 0.25) is 0 Å². The van der Waals surface area contributed by atoms with E-state index in [1.54, 1.807) is 0 Å². The van der Waals surface area contributed by atoms with Crippen LogP contribution in [-0.2, 0) is 19.4 Å². The summed E-state index contributed by atoms with van der Waals surface area (Å²) in [5.74, 6) is 0.619. The van der Waals surface area contributed by atoms with E-state index in [9.17, 15) is 9.59 Å². The number of aromatic amines is 1. The van der Waals surface area contributed by atoms with Gasteiger partial charge in [-0.25, -0.2) is 9.78 Å². The summed E-state index contributed by atoms with van der Waals surface area (Å²) in [6.45, 7) is 6.97. The second kappa shape index (κ2) is 7.62. The second-order valence-corrected chi connectivity index (χ2v) is 7.68. The van der Waals surface area contributed by atoms with E-state index in [0.29, 0.717) is 12.4 Å². The first-order valence-electron chi connectivity index (χ1n) is 9.94. The minimum atomic E-state index is -0.644. The maximum absolute atomic E-state index is 12.4. The highest BCUT2D eigenvalue weighted by atomic mass is 16.2. The molecule has 0 aromatic heterocycles. The van der Waals surface area contributed by atoms with Crippen LogP contribution in [0.25, 0.3) is 22.6 Å². The Morgan fingerprint density at radius 1 is 1.10 bits per heavy atom. The van der Waals surface area contributed by atoms with Crippen molar-refractivity contribution in [2.24, 2.45) is 5.92 Å². The van der Waals surface area contributed by atoms with Gasteiger partial charge in [-0.2, -0.15) is 4.98 Å². The number of aromatic nitrogens is 4. The van der Waals surface area contributed by atoms with Gasteiger partial charge in [-0.3, -0.25) is 9.78 Å². The van der Waals surface area contributed by atoms with E-state index >= 15 is 0 Å². The quantitative estimate of drug-likeness (QED) is 0.532. The van der Waals surface area contributed by atoms with Crippen molar-refractivity contribution < 1.29 is 0 Å². The van der Waals surface area contributed by atoms with Crippen LogP contribution < -0.4 is 11.2 Å². The van der Waals surface area contributed by atoms with Gasteiger partial charge in [0.05, 0.1) is 11.0 Å². The Balaban J connectivity index is 1.89. The van der Waals surface area contributed by atoms with Crippen molar-refractivity contribution in [2.45, 2.75) is 40.2 Å². The Labute approximate surface area is 168 Å². The molecule has 4 rings (SSSR count). The molecule has 2 aliphatic rings. The van der Waals surface area contributed by atoms with Crippen molar-refractivity contribution in [3.63, 3.8) is 0 Å². The van der Waals surface area contributed by atoms with Crippen molar-refractivity contribution in [1.82, 2.24) is 19.5 Å². The molecule has 148 valence electrons. The number of hydrogen-bond donors (Lipinski definition) is 1. The second-order valence-electron chi connectivity index (χ2n) is 7.68. The van der Waals surface area contributed by atoms with E-state index < -0.39 is 11.2 Å². The van der Waals surface area contributed by atoms with Gasteiger partial charge < -0.3 is 4.57 Å². The molecule has 2 aromatic carbocycles. The number of nitrogens with one attached hydrogen (secondary N) is 1. The van der Waals surface area contributed by atoms with Crippen molar-refractivity contribution in [2.75, 3.05) is 0 Å². The number of benzene rings is 2. The molecule has 6 nitrogen and oxygen atoms in total. The lowest BCUT2D eigenvalue weighted by Gasteiger charge is -2.21. The Morgan fingerprint density at radius 2 is 1.86 bits per heavy atom. The summed E-state index contributed by atoms with van der Waals surface area (Å²) in [7, 11) is 0. The van der Waals surface area contributed by atoms with E-state index in [2.05, 4.69) is 53.9 Å². The monoisotopic (exact) mass is 388 g/mol. The smallest absolute Gasteiger partial charge is 0.322 e. The van der Waals surface area contributed by atoms with Crippen LogP contribution in [0.4, 0.5) is 0 Å². The van der Waals surface area contributed by atoms with Crippen molar-refractivity contribution in [3.05, 3.63) is 80.0 Å². The lowest BCUT2D eigenvalue weighted by Crippen LogP contribution is -2.29. The van der Waals surface area contributed by atoms with Gasteiger partial charge >= 0.3 is 5.69 Å². The summed E-state index contributed by atoms with van der Waals surface area (Å²) in [4.78, 5) is 35.3. The normalized spacial score (nSPS) is 12.5. The number of rotatable bonds is 5. The molecule has 0 amide bonds. The third-order valence-electron chi connectivity index (χ3n) is 5.37. The van der Waals surface area contributed by atoms with E-state index in [1.807, 2.05) is 28.8 Å². The molecule has 1 unspecified atom stereocenters. The maximum Gasteiger partial charge on any atom is 0.349 e. The van der Waals surface area contributed by atoms with Crippen LogP contribution in [0.15, 0.2) is 52.1 Å². The zero-order valence-corrected chi connectivity index (χ0v) is 16.9. The molecule has 0 bridgehead atoms. The van der Waals surface area contributed by atoms with E-state index in [1.165, 1.54) is 11.1 Å². The van der Waals surface area contributed by atoms with Crippen LogP contribution in [0.1, 0.15) is 30.5 Å². The molecule has 0 saturated carbocycles. The van der Waals surface area contributed by atoms with Crippen LogP contribution in [0.3, 0.4) is 0 Å². The molecular weight excluding hydrogens is 364 g/mol. The van der Waals surface area contributed by atoms with Gasteiger partial charge in [0.25, 0.3) is 5.56 Å². The molecule has 2 aromatic rings. The molecule has 2 heterocycles. The maximum atomic E-state index is 12.4. The molecule has 2 aliphatic heterocycles. The summed E-state index contributed by atoms with van der Waals surface area (Å²) >= 11 is 0. The molecule has 0 fully saturated rings. The van der Waals surface area contributed by atoms with Gasteiger partial charge in [0.15, 0.2) is 11.5 Å². The average Bonchev–Trinajstić information content (AvgIpc) is 2.69. The van der Waals surface area contributed by atoms with Gasteiger partial charge in [-0.05, 0) is 54.5 Å². The van der Waals surface area contributed by atoms with Gasteiger partial charge in [-0.15, -0.1) is 0 Å². The lowest BCUT2D eigenvalue weighted by molar-refractivity contribution is 0.485. The summed E-state index contributed by atoms with van der Waals surface area (Å²) < 4.78 is 1.98. The number of hydrogen-bond acceptors (Lipinski definition) is 4. The zero-order chi connectivity index (χ0) is 20.5. The molecule has 1 atom stereocenters. The molecule has 6 heteroatoms. The molecule has 1 N–H and O–H groups in total. The van der Waals surface area contributed by atoms with Gasteiger partial charge in [0, 0.05) is 6.54 Å². The third kappa shape index (κ3) is 3.70. The number of H-pyrrole nitrogens is 1. The van der Waals surface area contributed by atoms with Crippen molar-refractivity contribution >= 4 is 11.0 Å². The van der Waals surface area contributed by atoms with E-state index in [-0.39, 0.29) is 11.6 Å². The minimum absolute atomic E-state index is 0.204. The topological polar surface area (TPSA) is 80.6 Å². The summed E-state index contributed by atoms with van der Waals surface area (Å²) in [5, 5.41) is 0. The predicted octanol–water partition coefficient (Wildman–Crippen LogP) is 3.33. The van der Waals surface area contributed by atoms with E-state index in [0.717, 1.165) is 29.4 Å². The zero-order valence-electron chi connectivity index (χ0n) is 16.9. The third-order valence-corrected chi connectivity index (χ3v) is 5.37.